The van der Waals surface area contributed by atoms with Crippen molar-refractivity contribution in [1.29, 1.82) is 0 Å². The fourth-order valence-corrected chi connectivity index (χ4v) is 2.76. The van der Waals surface area contributed by atoms with Gasteiger partial charge in [-0.1, -0.05) is 13.8 Å². The number of unbranched alkanes of at least 4 members (excludes halogenated alkanes) is 1. The minimum atomic E-state index is -5.68. The van der Waals surface area contributed by atoms with E-state index in [1.165, 1.54) is 13.8 Å². The molecule has 0 heterocycles. The molecule has 16 heteroatoms. The smallest absolute Gasteiger partial charge is 0.396 e. The summed E-state index contributed by atoms with van der Waals surface area (Å²) >= 11 is 0. The minimum Gasteiger partial charge on any atom is -0.396 e. The van der Waals surface area contributed by atoms with Crippen LogP contribution in [0.2, 0.25) is 0 Å². The molecule has 0 aliphatic carbocycles. The maximum atomic E-state index is 13.3. The van der Waals surface area contributed by atoms with Gasteiger partial charge in [-0.25, -0.2) is 8.78 Å². The second-order valence-corrected chi connectivity index (χ2v) is 9.90. The summed E-state index contributed by atoms with van der Waals surface area (Å²) in [6.45, 7) is -1.02. The molecule has 0 amide bonds. The van der Waals surface area contributed by atoms with Crippen LogP contribution in [0.5, 0.6) is 0 Å². The van der Waals surface area contributed by atoms with E-state index < -0.39 is 80.9 Å². The van der Waals surface area contributed by atoms with Crippen LogP contribution >= 0.6 is 0 Å². The average Bonchev–Trinajstić information content (AvgIpc) is 2.76. The Bertz CT molecular complexity index is 647. The Kier molecular flexibility index (Phi) is 15.4. The molecule has 0 radical (unpaired) electrons. The van der Waals surface area contributed by atoms with Crippen molar-refractivity contribution in [3.05, 3.63) is 0 Å². The van der Waals surface area contributed by atoms with Crippen LogP contribution in [0.3, 0.4) is 0 Å². The summed E-state index contributed by atoms with van der Waals surface area (Å²) in [5.41, 5.74) is -2.17. The van der Waals surface area contributed by atoms with Crippen LogP contribution in [0.15, 0.2) is 0 Å². The summed E-state index contributed by atoms with van der Waals surface area (Å²) < 4.78 is 145. The number of hydrogen-bond acceptors (Lipinski definition) is 6. The third-order valence-electron chi connectivity index (χ3n) is 5.14. The molecule has 0 aromatic rings. The Balaban J connectivity index is 4.14. The first-order valence-corrected chi connectivity index (χ1v) is 11.6. The van der Waals surface area contributed by atoms with E-state index in [9.17, 15) is 54.1 Å². The lowest BCUT2D eigenvalue weighted by Crippen LogP contribution is -2.38. The minimum absolute atomic E-state index is 0.0705. The maximum Gasteiger partial charge on any atom is 0.453 e. The first-order chi connectivity index (χ1) is 17.2. The lowest BCUT2D eigenvalue weighted by molar-refractivity contribution is -0.287. The van der Waals surface area contributed by atoms with Crippen molar-refractivity contribution < 1.29 is 73.1 Å². The summed E-state index contributed by atoms with van der Waals surface area (Å²) in [6, 6.07) is 0. The number of halogens is 10. The van der Waals surface area contributed by atoms with E-state index >= 15 is 0 Å². The molecule has 2 atom stereocenters. The van der Waals surface area contributed by atoms with Crippen LogP contribution in [0.4, 0.5) is 43.9 Å². The van der Waals surface area contributed by atoms with Crippen molar-refractivity contribution in [3.8, 4) is 0 Å². The Labute approximate surface area is 214 Å². The van der Waals surface area contributed by atoms with Gasteiger partial charge in [0.05, 0.1) is 46.2 Å². The largest absolute Gasteiger partial charge is 0.453 e. The third-order valence-corrected chi connectivity index (χ3v) is 5.14. The van der Waals surface area contributed by atoms with E-state index in [1.54, 1.807) is 0 Å². The SMILES string of the molecule is CC(CO)(COCCCCOCC(C)(CO)COCC(F)(F)CC(F)(F)F)COCCC(F)(F)C(F)(F)F. The standard InChI is InChI=1S/C22H36F10O6/c1-17(10-33,14-37-8-5-20(25,26)22(30,31)32)12-35-6-3-4-7-36-13-18(2,11-34)15-38-16-19(23,24)9-21(27,28)29/h33-34H,3-16H2,1-2H3. The van der Waals surface area contributed by atoms with Crippen molar-refractivity contribution in [2.75, 3.05) is 66.1 Å². The lowest BCUT2D eigenvalue weighted by atomic mass is 9.94. The van der Waals surface area contributed by atoms with Crippen LogP contribution in [-0.4, -0.2) is 100 Å². The van der Waals surface area contributed by atoms with Crippen LogP contribution in [-0.2, 0) is 18.9 Å². The zero-order valence-electron chi connectivity index (χ0n) is 21.2. The van der Waals surface area contributed by atoms with Crippen molar-refractivity contribution in [2.24, 2.45) is 10.8 Å². The first kappa shape index (κ1) is 37.1. The van der Waals surface area contributed by atoms with E-state index in [0.717, 1.165) is 0 Å². The zero-order chi connectivity index (χ0) is 29.7. The second kappa shape index (κ2) is 15.7. The van der Waals surface area contributed by atoms with Crippen molar-refractivity contribution in [3.63, 3.8) is 0 Å². The van der Waals surface area contributed by atoms with E-state index in [1.807, 2.05) is 0 Å². The quantitative estimate of drug-likeness (QED) is 0.146. The van der Waals surface area contributed by atoms with Gasteiger partial charge in [-0.2, -0.15) is 35.1 Å². The van der Waals surface area contributed by atoms with E-state index in [4.69, 9.17) is 18.9 Å². The monoisotopic (exact) mass is 586 g/mol. The van der Waals surface area contributed by atoms with E-state index in [-0.39, 0.29) is 33.0 Å². The number of hydrogen-bond donors (Lipinski definition) is 2. The van der Waals surface area contributed by atoms with Crippen LogP contribution in [0, 0.1) is 10.8 Å². The van der Waals surface area contributed by atoms with Crippen LogP contribution < -0.4 is 0 Å². The van der Waals surface area contributed by atoms with Crippen LogP contribution in [0.25, 0.3) is 0 Å². The fourth-order valence-electron chi connectivity index (χ4n) is 2.76. The van der Waals surface area contributed by atoms with Crippen molar-refractivity contribution >= 4 is 0 Å². The number of ether oxygens (including phenoxy) is 4. The highest BCUT2D eigenvalue weighted by Crippen LogP contribution is 2.38. The molecular formula is C22H36F10O6. The Morgan fingerprint density at radius 2 is 0.947 bits per heavy atom. The Morgan fingerprint density at radius 3 is 1.32 bits per heavy atom. The molecule has 2 unspecified atom stereocenters. The van der Waals surface area contributed by atoms with Gasteiger partial charge in [-0.15, -0.1) is 0 Å². The maximum absolute atomic E-state index is 13.3. The molecule has 0 fully saturated rings. The molecule has 0 rings (SSSR count). The summed E-state index contributed by atoms with van der Waals surface area (Å²) in [7, 11) is 0. The highest BCUT2D eigenvalue weighted by molar-refractivity contribution is 4.77. The average molecular weight is 587 g/mol. The number of aliphatic hydroxyl groups is 2. The molecule has 2 N–H and O–H groups in total. The molecule has 0 saturated heterocycles. The molecule has 38 heavy (non-hydrogen) atoms. The molecule has 6 nitrogen and oxygen atoms in total. The predicted molar refractivity (Wildman–Crippen MR) is 114 cm³/mol. The lowest BCUT2D eigenvalue weighted by Gasteiger charge is -2.28. The highest BCUT2D eigenvalue weighted by atomic mass is 19.4. The molecule has 0 aliphatic heterocycles. The zero-order valence-corrected chi connectivity index (χ0v) is 21.2. The molecule has 0 spiro atoms. The predicted octanol–water partition coefficient (Wildman–Crippen LogP) is 5.01. The second-order valence-electron chi connectivity index (χ2n) is 9.90. The first-order valence-electron chi connectivity index (χ1n) is 11.6. The van der Waals surface area contributed by atoms with Gasteiger partial charge in [-0.3, -0.25) is 0 Å². The molecular weight excluding hydrogens is 550 g/mol. The fraction of sp³-hybridized carbons (Fsp3) is 1.00. The van der Waals surface area contributed by atoms with Gasteiger partial charge in [0.25, 0.3) is 5.92 Å². The molecule has 0 aromatic carbocycles. The van der Waals surface area contributed by atoms with Gasteiger partial charge < -0.3 is 29.2 Å². The topological polar surface area (TPSA) is 77.4 Å². The number of rotatable bonds is 21. The highest BCUT2D eigenvalue weighted by Gasteiger charge is 2.56. The molecule has 0 saturated carbocycles. The van der Waals surface area contributed by atoms with Crippen molar-refractivity contribution in [2.45, 2.75) is 63.7 Å². The Hall–Kier alpha value is -0.940. The summed E-state index contributed by atoms with van der Waals surface area (Å²) in [5, 5.41) is 18.9. The van der Waals surface area contributed by atoms with Gasteiger partial charge in [0.15, 0.2) is 0 Å². The van der Waals surface area contributed by atoms with Gasteiger partial charge in [0, 0.05) is 30.5 Å². The summed E-state index contributed by atoms with van der Waals surface area (Å²) in [4.78, 5) is 0. The molecule has 0 aliphatic rings. The van der Waals surface area contributed by atoms with E-state index in [0.29, 0.717) is 12.8 Å². The molecule has 230 valence electrons. The van der Waals surface area contributed by atoms with E-state index in [2.05, 4.69) is 0 Å². The summed E-state index contributed by atoms with van der Waals surface area (Å²) in [5.74, 6) is -8.98. The Morgan fingerprint density at radius 1 is 0.553 bits per heavy atom. The van der Waals surface area contributed by atoms with Gasteiger partial charge in [0.2, 0.25) is 0 Å². The summed E-state index contributed by atoms with van der Waals surface area (Å²) in [6.07, 6.45) is -13.7. The molecule has 0 bridgehead atoms. The van der Waals surface area contributed by atoms with Gasteiger partial charge >= 0.3 is 18.3 Å². The number of aliphatic hydroxyl groups excluding tert-OH is 2. The normalized spacial score (nSPS) is 16.9. The van der Waals surface area contributed by atoms with Crippen molar-refractivity contribution in [1.82, 2.24) is 0 Å². The molecule has 0 aromatic heterocycles. The van der Waals surface area contributed by atoms with Crippen LogP contribution in [0.1, 0.15) is 39.5 Å². The van der Waals surface area contributed by atoms with Gasteiger partial charge in [-0.05, 0) is 12.8 Å². The third kappa shape index (κ3) is 16.2. The van der Waals surface area contributed by atoms with Gasteiger partial charge in [0.1, 0.15) is 13.0 Å². The number of alkyl halides is 10.